The first-order valence-electron chi connectivity index (χ1n) is 7.49. The van der Waals surface area contributed by atoms with E-state index < -0.39 is 0 Å². The SMILES string of the molecule is CCCNC(CCc1cnn(C)c1)C1(C)CCCO1. The van der Waals surface area contributed by atoms with Crippen LogP contribution in [0.15, 0.2) is 12.4 Å². The lowest BCUT2D eigenvalue weighted by molar-refractivity contribution is -0.0137. The number of nitrogens with one attached hydrogen (secondary N) is 1. The second-order valence-electron chi connectivity index (χ2n) is 5.83. The van der Waals surface area contributed by atoms with Crippen molar-refractivity contribution in [2.45, 2.75) is 57.6 Å². The number of hydrogen-bond acceptors (Lipinski definition) is 3. The highest BCUT2D eigenvalue weighted by molar-refractivity contribution is 5.05. The molecule has 0 bridgehead atoms. The zero-order valence-electron chi connectivity index (χ0n) is 12.5. The molecule has 2 unspecified atom stereocenters. The first-order valence-corrected chi connectivity index (χ1v) is 7.49. The first kappa shape index (κ1) is 14.5. The molecule has 0 saturated carbocycles. The van der Waals surface area contributed by atoms with E-state index in [1.807, 2.05) is 17.9 Å². The third-order valence-corrected chi connectivity index (χ3v) is 4.11. The molecule has 1 aromatic heterocycles. The Morgan fingerprint density at radius 1 is 1.58 bits per heavy atom. The summed E-state index contributed by atoms with van der Waals surface area (Å²) in [6, 6.07) is 0.440. The average Bonchev–Trinajstić information content (AvgIpc) is 2.99. The number of nitrogens with zero attached hydrogens (tertiary/aromatic N) is 2. The van der Waals surface area contributed by atoms with Crippen molar-refractivity contribution in [1.29, 1.82) is 0 Å². The highest BCUT2D eigenvalue weighted by Gasteiger charge is 2.37. The van der Waals surface area contributed by atoms with Crippen LogP contribution in [-0.4, -0.2) is 34.6 Å². The van der Waals surface area contributed by atoms with Gasteiger partial charge in [0.25, 0.3) is 0 Å². The van der Waals surface area contributed by atoms with Crippen LogP contribution in [0.5, 0.6) is 0 Å². The highest BCUT2D eigenvalue weighted by Crippen LogP contribution is 2.30. The first-order chi connectivity index (χ1) is 9.14. The van der Waals surface area contributed by atoms with Crippen LogP contribution in [0.25, 0.3) is 0 Å². The van der Waals surface area contributed by atoms with Gasteiger partial charge in [-0.25, -0.2) is 0 Å². The highest BCUT2D eigenvalue weighted by atomic mass is 16.5. The van der Waals surface area contributed by atoms with Crippen LogP contribution in [0.3, 0.4) is 0 Å². The molecule has 1 fully saturated rings. The van der Waals surface area contributed by atoms with E-state index >= 15 is 0 Å². The molecule has 1 aliphatic rings. The second-order valence-corrected chi connectivity index (χ2v) is 5.83. The summed E-state index contributed by atoms with van der Waals surface area (Å²) in [7, 11) is 1.97. The van der Waals surface area contributed by atoms with E-state index in [-0.39, 0.29) is 5.60 Å². The van der Waals surface area contributed by atoms with E-state index in [4.69, 9.17) is 4.74 Å². The van der Waals surface area contributed by atoms with Crippen LogP contribution in [0, 0.1) is 0 Å². The molecule has 2 rings (SSSR count). The van der Waals surface area contributed by atoms with Gasteiger partial charge in [-0.2, -0.15) is 5.10 Å². The van der Waals surface area contributed by atoms with E-state index in [0.717, 1.165) is 26.0 Å². The zero-order valence-corrected chi connectivity index (χ0v) is 12.5. The van der Waals surface area contributed by atoms with Crippen molar-refractivity contribution in [2.75, 3.05) is 13.2 Å². The molecule has 4 nitrogen and oxygen atoms in total. The molecule has 1 saturated heterocycles. The molecule has 4 heteroatoms. The molecule has 0 aromatic carbocycles. The minimum absolute atomic E-state index is 0.0113. The summed E-state index contributed by atoms with van der Waals surface area (Å²) in [5.41, 5.74) is 1.32. The van der Waals surface area contributed by atoms with Crippen molar-refractivity contribution < 1.29 is 4.74 Å². The molecular weight excluding hydrogens is 238 g/mol. The van der Waals surface area contributed by atoms with Crippen LogP contribution in [-0.2, 0) is 18.2 Å². The van der Waals surface area contributed by atoms with Gasteiger partial charge in [-0.15, -0.1) is 0 Å². The van der Waals surface area contributed by atoms with Gasteiger partial charge in [-0.3, -0.25) is 4.68 Å². The summed E-state index contributed by atoms with van der Waals surface area (Å²) >= 11 is 0. The number of hydrogen-bond donors (Lipinski definition) is 1. The fraction of sp³-hybridized carbons (Fsp3) is 0.800. The molecule has 0 spiro atoms. The summed E-state index contributed by atoms with van der Waals surface area (Å²) in [4.78, 5) is 0. The quantitative estimate of drug-likeness (QED) is 0.822. The topological polar surface area (TPSA) is 39.1 Å². The normalized spacial score (nSPS) is 24.8. The number of aromatic nitrogens is 2. The molecule has 1 aromatic rings. The van der Waals surface area contributed by atoms with E-state index in [2.05, 4.69) is 30.5 Å². The predicted octanol–water partition coefficient (Wildman–Crippen LogP) is 2.29. The number of ether oxygens (including phenoxy) is 1. The molecule has 2 heterocycles. The Balaban J connectivity index is 1.93. The monoisotopic (exact) mass is 265 g/mol. The number of aryl methyl sites for hydroxylation is 2. The van der Waals surface area contributed by atoms with Crippen molar-refractivity contribution in [3.8, 4) is 0 Å². The minimum Gasteiger partial charge on any atom is -0.374 e. The predicted molar refractivity (Wildman–Crippen MR) is 77.2 cm³/mol. The lowest BCUT2D eigenvalue weighted by Crippen LogP contribution is -2.49. The molecule has 0 aliphatic carbocycles. The molecule has 2 atom stereocenters. The van der Waals surface area contributed by atoms with Crippen molar-refractivity contribution in [2.24, 2.45) is 7.05 Å². The number of rotatable bonds is 7. The Bertz CT molecular complexity index is 382. The van der Waals surface area contributed by atoms with Gasteiger partial charge in [0.2, 0.25) is 0 Å². The van der Waals surface area contributed by atoms with Crippen molar-refractivity contribution in [3.63, 3.8) is 0 Å². The van der Waals surface area contributed by atoms with E-state index in [0.29, 0.717) is 6.04 Å². The Kier molecular flexibility index (Phi) is 4.99. The van der Waals surface area contributed by atoms with Crippen LogP contribution < -0.4 is 5.32 Å². The summed E-state index contributed by atoms with van der Waals surface area (Å²) in [6.07, 6.45) is 9.77. The van der Waals surface area contributed by atoms with Gasteiger partial charge in [0.1, 0.15) is 0 Å². The maximum Gasteiger partial charge on any atom is 0.0807 e. The third-order valence-electron chi connectivity index (χ3n) is 4.11. The molecule has 0 amide bonds. The molecular formula is C15H27N3O. The minimum atomic E-state index is 0.0113. The van der Waals surface area contributed by atoms with E-state index in [9.17, 15) is 0 Å². The molecule has 0 radical (unpaired) electrons. The van der Waals surface area contributed by atoms with Gasteiger partial charge < -0.3 is 10.1 Å². The van der Waals surface area contributed by atoms with Crippen molar-refractivity contribution in [3.05, 3.63) is 18.0 Å². The van der Waals surface area contributed by atoms with Gasteiger partial charge in [-0.1, -0.05) is 6.92 Å². The largest absolute Gasteiger partial charge is 0.374 e. The van der Waals surface area contributed by atoms with Gasteiger partial charge in [0.15, 0.2) is 0 Å². The average molecular weight is 265 g/mol. The summed E-state index contributed by atoms with van der Waals surface area (Å²) < 4.78 is 7.88. The maximum atomic E-state index is 6.01. The third kappa shape index (κ3) is 3.80. The summed E-state index contributed by atoms with van der Waals surface area (Å²) in [6.45, 7) is 6.45. The second kappa shape index (κ2) is 6.53. The van der Waals surface area contributed by atoms with Crippen LogP contribution in [0.2, 0.25) is 0 Å². The lowest BCUT2D eigenvalue weighted by Gasteiger charge is -2.34. The standard InChI is InChI=1S/C15H27N3O/c1-4-9-16-14(15(2)8-5-10-19-15)7-6-13-11-17-18(3)12-13/h11-12,14,16H,4-10H2,1-3H3. The summed E-state index contributed by atoms with van der Waals surface area (Å²) in [5, 5.41) is 7.91. The van der Waals surface area contributed by atoms with Crippen LogP contribution >= 0.6 is 0 Å². The van der Waals surface area contributed by atoms with E-state index in [1.54, 1.807) is 0 Å². The zero-order chi connectivity index (χ0) is 13.7. The maximum absolute atomic E-state index is 6.01. The molecule has 1 N–H and O–H groups in total. The molecule has 1 aliphatic heterocycles. The Morgan fingerprint density at radius 2 is 2.42 bits per heavy atom. The van der Waals surface area contributed by atoms with Crippen LogP contribution in [0.4, 0.5) is 0 Å². The van der Waals surface area contributed by atoms with Crippen molar-refractivity contribution in [1.82, 2.24) is 15.1 Å². The summed E-state index contributed by atoms with van der Waals surface area (Å²) in [5.74, 6) is 0. The fourth-order valence-corrected chi connectivity index (χ4v) is 2.93. The van der Waals surface area contributed by atoms with Gasteiger partial charge in [0, 0.05) is 25.9 Å². The smallest absolute Gasteiger partial charge is 0.0807 e. The lowest BCUT2D eigenvalue weighted by atomic mass is 9.89. The molecule has 108 valence electrons. The Morgan fingerprint density at radius 3 is 3.00 bits per heavy atom. The Labute approximate surface area is 116 Å². The van der Waals surface area contributed by atoms with Gasteiger partial charge in [0.05, 0.1) is 11.8 Å². The van der Waals surface area contributed by atoms with E-state index in [1.165, 1.54) is 24.8 Å². The Hall–Kier alpha value is -0.870. The fourth-order valence-electron chi connectivity index (χ4n) is 2.93. The van der Waals surface area contributed by atoms with Crippen molar-refractivity contribution >= 4 is 0 Å². The van der Waals surface area contributed by atoms with Gasteiger partial charge in [-0.05, 0) is 51.1 Å². The molecule has 19 heavy (non-hydrogen) atoms. The van der Waals surface area contributed by atoms with Crippen LogP contribution in [0.1, 0.15) is 45.1 Å². The van der Waals surface area contributed by atoms with Gasteiger partial charge >= 0.3 is 0 Å².